The maximum atomic E-state index is 13.4. The van der Waals surface area contributed by atoms with Gasteiger partial charge in [0.15, 0.2) is 5.78 Å². The van der Waals surface area contributed by atoms with Gasteiger partial charge in [0.2, 0.25) is 5.91 Å². The largest absolute Gasteiger partial charge is 0.369 e. The van der Waals surface area contributed by atoms with Gasteiger partial charge in [-0.2, -0.15) is 0 Å². The summed E-state index contributed by atoms with van der Waals surface area (Å²) in [7, 11) is 0. The highest BCUT2D eigenvalue weighted by atomic mass is 16.5. The molecule has 0 saturated carbocycles. The second-order valence-electron chi connectivity index (χ2n) is 8.29. The van der Waals surface area contributed by atoms with Gasteiger partial charge in [-0.25, -0.2) is 0 Å². The summed E-state index contributed by atoms with van der Waals surface area (Å²) >= 11 is 0. The zero-order chi connectivity index (χ0) is 25.6. The molecule has 0 fully saturated rings. The first kappa shape index (κ1) is 26.9. The molecule has 1 N–H and O–H groups in total. The highest BCUT2D eigenvalue weighted by Gasteiger charge is 2.37. The third-order valence-corrected chi connectivity index (χ3v) is 5.40. The number of carbonyl (C=O) groups excluding carboxylic acids is 3. The van der Waals surface area contributed by atoms with Crippen LogP contribution >= 0.6 is 0 Å². The number of carbonyl (C=O) groups is 3. The summed E-state index contributed by atoms with van der Waals surface area (Å²) in [6, 6.07) is 27.1. The third-order valence-electron chi connectivity index (χ3n) is 5.40. The fourth-order valence-electron chi connectivity index (χ4n) is 3.63. The molecule has 0 aliphatic rings. The van der Waals surface area contributed by atoms with Crippen molar-refractivity contribution in [3.63, 3.8) is 0 Å². The van der Waals surface area contributed by atoms with Crippen LogP contribution in [0, 0.1) is 0 Å². The van der Waals surface area contributed by atoms with Gasteiger partial charge in [-0.15, -0.1) is 0 Å². The predicted octanol–water partition coefficient (Wildman–Crippen LogP) is 3.65. The lowest BCUT2D eigenvalue weighted by Crippen LogP contribution is -2.54. The van der Waals surface area contributed by atoms with Crippen molar-refractivity contribution in [2.75, 3.05) is 6.61 Å². The lowest BCUT2D eigenvalue weighted by atomic mass is 10.0. The van der Waals surface area contributed by atoms with Crippen molar-refractivity contribution in [2.24, 2.45) is 0 Å². The Labute approximate surface area is 211 Å². The molecule has 7 nitrogen and oxygen atoms in total. The van der Waals surface area contributed by atoms with Crippen LogP contribution in [0.25, 0.3) is 0 Å². The van der Waals surface area contributed by atoms with Crippen LogP contribution in [0.5, 0.6) is 0 Å². The van der Waals surface area contributed by atoms with Crippen molar-refractivity contribution in [3.05, 3.63) is 108 Å². The standard InChI is InChI=1S/C29H31NO6/c1-22(32)30-26(17-31)28(35-19-24-13-7-3-8-14-24)29(36-20-25-15-9-4-10-16-25)27(33)21-34-18-23-11-5-2-6-12-23/h2-17,26,28-29H,18-21H2,1H3,(H,30,32). The molecule has 0 radical (unpaired) electrons. The Hall–Kier alpha value is -3.65. The minimum absolute atomic E-state index is 0.118. The Morgan fingerprint density at radius 2 is 1.22 bits per heavy atom. The molecule has 3 aromatic rings. The fraction of sp³-hybridized carbons (Fsp3) is 0.276. The molecule has 0 aliphatic carbocycles. The zero-order valence-corrected chi connectivity index (χ0v) is 20.2. The number of amides is 1. The van der Waals surface area contributed by atoms with E-state index in [2.05, 4.69) is 5.32 Å². The first-order chi connectivity index (χ1) is 17.6. The van der Waals surface area contributed by atoms with Crippen molar-refractivity contribution < 1.29 is 28.6 Å². The van der Waals surface area contributed by atoms with Crippen LogP contribution in [0.4, 0.5) is 0 Å². The maximum absolute atomic E-state index is 13.4. The van der Waals surface area contributed by atoms with E-state index in [4.69, 9.17) is 14.2 Å². The van der Waals surface area contributed by atoms with Gasteiger partial charge < -0.3 is 24.3 Å². The topological polar surface area (TPSA) is 90.9 Å². The summed E-state index contributed by atoms with van der Waals surface area (Å²) in [5.41, 5.74) is 2.63. The number of benzene rings is 3. The summed E-state index contributed by atoms with van der Waals surface area (Å²) in [6.45, 7) is 1.54. The van der Waals surface area contributed by atoms with Crippen molar-refractivity contribution in [1.29, 1.82) is 0 Å². The summed E-state index contributed by atoms with van der Waals surface area (Å²) in [5.74, 6) is -0.813. The Balaban J connectivity index is 1.80. The fourth-order valence-corrected chi connectivity index (χ4v) is 3.63. The highest BCUT2D eigenvalue weighted by molar-refractivity contribution is 5.86. The van der Waals surface area contributed by atoms with E-state index in [9.17, 15) is 14.4 Å². The average Bonchev–Trinajstić information content (AvgIpc) is 2.91. The number of nitrogens with one attached hydrogen (secondary N) is 1. The van der Waals surface area contributed by atoms with Crippen molar-refractivity contribution >= 4 is 18.0 Å². The minimum Gasteiger partial charge on any atom is -0.369 e. The van der Waals surface area contributed by atoms with Gasteiger partial charge in [0.25, 0.3) is 0 Å². The number of hydrogen-bond acceptors (Lipinski definition) is 6. The molecule has 0 saturated heterocycles. The molecule has 0 spiro atoms. The van der Waals surface area contributed by atoms with Crippen LogP contribution in [0.15, 0.2) is 91.0 Å². The molecule has 3 aromatic carbocycles. The van der Waals surface area contributed by atoms with E-state index >= 15 is 0 Å². The minimum atomic E-state index is -1.16. The maximum Gasteiger partial charge on any atom is 0.217 e. The van der Waals surface area contributed by atoms with Crippen molar-refractivity contribution in [2.45, 2.75) is 45.0 Å². The molecule has 3 rings (SSSR count). The van der Waals surface area contributed by atoms with E-state index in [0.717, 1.165) is 16.7 Å². The van der Waals surface area contributed by atoms with E-state index in [1.165, 1.54) is 6.92 Å². The molecular formula is C29H31NO6. The van der Waals surface area contributed by atoms with Crippen LogP contribution in [0.1, 0.15) is 23.6 Å². The normalized spacial score (nSPS) is 13.4. The van der Waals surface area contributed by atoms with E-state index in [0.29, 0.717) is 6.29 Å². The molecule has 0 bridgehead atoms. The molecule has 3 atom stereocenters. The zero-order valence-electron chi connectivity index (χ0n) is 20.2. The van der Waals surface area contributed by atoms with Crippen LogP contribution in [0.3, 0.4) is 0 Å². The number of hydrogen-bond donors (Lipinski definition) is 1. The molecule has 0 aromatic heterocycles. The first-order valence-electron chi connectivity index (χ1n) is 11.7. The van der Waals surface area contributed by atoms with Gasteiger partial charge in [0.05, 0.1) is 19.8 Å². The van der Waals surface area contributed by atoms with Gasteiger partial charge in [-0.05, 0) is 16.7 Å². The molecule has 3 unspecified atom stereocenters. The number of ether oxygens (including phenoxy) is 3. The second-order valence-corrected chi connectivity index (χ2v) is 8.29. The molecule has 1 amide bonds. The summed E-state index contributed by atoms with van der Waals surface area (Å²) in [4.78, 5) is 37.2. The molecule has 7 heteroatoms. The van der Waals surface area contributed by atoms with Crippen LogP contribution in [-0.4, -0.2) is 42.8 Å². The van der Waals surface area contributed by atoms with Gasteiger partial charge in [0, 0.05) is 6.92 Å². The number of aldehydes is 1. The summed E-state index contributed by atoms with van der Waals surface area (Å²) in [5, 5.41) is 2.58. The Bertz CT molecular complexity index is 1070. The Kier molecular flexibility index (Phi) is 11.0. The second kappa shape index (κ2) is 14.7. The number of Topliss-reactive ketones (excluding diaryl/α,β-unsaturated/α-hetero) is 1. The lowest BCUT2D eigenvalue weighted by Gasteiger charge is -2.30. The van der Waals surface area contributed by atoms with Gasteiger partial charge >= 0.3 is 0 Å². The average molecular weight is 490 g/mol. The quantitative estimate of drug-likeness (QED) is 0.328. The van der Waals surface area contributed by atoms with E-state index in [1.54, 1.807) is 0 Å². The molecule has 0 heterocycles. The Morgan fingerprint density at radius 3 is 1.69 bits per heavy atom. The highest BCUT2D eigenvalue weighted by Crippen LogP contribution is 2.16. The van der Waals surface area contributed by atoms with Crippen molar-refractivity contribution in [1.82, 2.24) is 5.32 Å². The SMILES string of the molecule is CC(=O)NC(C=O)C(OCc1ccccc1)C(OCc1ccccc1)C(=O)COCc1ccccc1. The summed E-state index contributed by atoms with van der Waals surface area (Å²) in [6.07, 6.45) is -1.66. The molecule has 0 aliphatic heterocycles. The molecule has 36 heavy (non-hydrogen) atoms. The van der Waals surface area contributed by atoms with Gasteiger partial charge in [0.1, 0.15) is 31.1 Å². The van der Waals surface area contributed by atoms with E-state index in [1.807, 2.05) is 91.0 Å². The monoisotopic (exact) mass is 489 g/mol. The van der Waals surface area contributed by atoms with E-state index < -0.39 is 29.9 Å². The van der Waals surface area contributed by atoms with Crippen LogP contribution in [-0.2, 0) is 48.4 Å². The van der Waals surface area contributed by atoms with Crippen molar-refractivity contribution in [3.8, 4) is 0 Å². The first-order valence-corrected chi connectivity index (χ1v) is 11.7. The van der Waals surface area contributed by atoms with Gasteiger partial charge in [-0.1, -0.05) is 91.0 Å². The lowest BCUT2D eigenvalue weighted by molar-refractivity contribution is -0.155. The van der Waals surface area contributed by atoms with Crippen LogP contribution < -0.4 is 5.32 Å². The molecular weight excluding hydrogens is 458 g/mol. The predicted molar refractivity (Wildman–Crippen MR) is 135 cm³/mol. The smallest absolute Gasteiger partial charge is 0.217 e. The van der Waals surface area contributed by atoms with Crippen LogP contribution in [0.2, 0.25) is 0 Å². The summed E-state index contributed by atoms with van der Waals surface area (Å²) < 4.78 is 17.8. The Morgan fingerprint density at radius 1 is 0.750 bits per heavy atom. The number of ketones is 1. The van der Waals surface area contributed by atoms with Gasteiger partial charge in [-0.3, -0.25) is 9.59 Å². The van der Waals surface area contributed by atoms with E-state index in [-0.39, 0.29) is 26.4 Å². The third kappa shape index (κ3) is 8.85. The molecule has 188 valence electrons. The number of rotatable bonds is 15.